The minimum Gasteiger partial charge on any atom is -0.496 e. The van der Waals surface area contributed by atoms with Gasteiger partial charge in [-0.05, 0) is 24.8 Å². The van der Waals surface area contributed by atoms with Crippen LogP contribution in [0, 0.1) is 0 Å². The van der Waals surface area contributed by atoms with Gasteiger partial charge in [0.15, 0.2) is 11.7 Å². The molecule has 0 heterocycles. The number of carbonyl (C=O) groups is 1. The van der Waals surface area contributed by atoms with E-state index in [-0.39, 0.29) is 5.56 Å². The van der Waals surface area contributed by atoms with E-state index < -0.39 is 13.3 Å². The van der Waals surface area contributed by atoms with Crippen LogP contribution in [-0.4, -0.2) is 33.0 Å². The van der Waals surface area contributed by atoms with E-state index in [0.29, 0.717) is 23.4 Å². The Morgan fingerprint density at radius 2 is 1.54 bits per heavy atom. The Morgan fingerprint density at radius 1 is 0.923 bits per heavy atom. The molecule has 0 aliphatic carbocycles. The molecule has 0 radical (unpaired) electrons. The number of benzene rings is 2. The largest absolute Gasteiger partial charge is 0.496 e. The SMILES string of the molecule is COc1cc(OC)c(C(=O)[P+](=O)CCCCc2ccccc2)c(OC)c1. The fraction of sp³-hybridized carbons (Fsp3) is 0.350. The predicted molar refractivity (Wildman–Crippen MR) is 102 cm³/mol. The lowest BCUT2D eigenvalue weighted by Crippen LogP contribution is -2.04. The first-order valence-corrected chi connectivity index (χ1v) is 9.88. The first-order valence-electron chi connectivity index (χ1n) is 8.43. The van der Waals surface area contributed by atoms with Crippen LogP contribution in [0.15, 0.2) is 42.5 Å². The van der Waals surface area contributed by atoms with Gasteiger partial charge in [-0.1, -0.05) is 34.9 Å². The summed E-state index contributed by atoms with van der Waals surface area (Å²) in [4.78, 5) is 12.7. The van der Waals surface area contributed by atoms with Crippen LogP contribution in [-0.2, 0) is 11.0 Å². The Morgan fingerprint density at radius 3 is 2.08 bits per heavy atom. The quantitative estimate of drug-likeness (QED) is 0.445. The fourth-order valence-corrected chi connectivity index (χ4v) is 3.86. The topological polar surface area (TPSA) is 61.8 Å². The second-order valence-electron chi connectivity index (χ2n) is 5.76. The molecule has 0 bridgehead atoms. The standard InChI is InChI=1S/C20H24O5P/c1-23-16-13-17(24-2)19(18(14-16)25-3)20(21)26(22)12-8-7-11-15-9-5-4-6-10-15/h4-6,9-10,13-14H,7-8,11-12H2,1-3H3/q+1. The maximum Gasteiger partial charge on any atom is 0.420 e. The molecule has 0 saturated heterocycles. The molecule has 2 aromatic carbocycles. The number of hydrogen-bond donors (Lipinski definition) is 0. The van der Waals surface area contributed by atoms with Gasteiger partial charge in [0.1, 0.15) is 17.2 Å². The Hall–Kier alpha value is -2.39. The monoisotopic (exact) mass is 375 g/mol. The summed E-state index contributed by atoms with van der Waals surface area (Å²) in [6.45, 7) is 0. The summed E-state index contributed by atoms with van der Waals surface area (Å²) in [5.41, 5.74) is 1.00. The lowest BCUT2D eigenvalue weighted by Gasteiger charge is -2.11. The van der Waals surface area contributed by atoms with Crippen molar-refractivity contribution >= 4 is 13.3 Å². The summed E-state index contributed by atoms with van der Waals surface area (Å²) in [6.07, 6.45) is 2.86. The summed E-state index contributed by atoms with van der Waals surface area (Å²) >= 11 is 0. The van der Waals surface area contributed by atoms with Gasteiger partial charge in [-0.25, -0.2) is 4.79 Å². The summed E-state index contributed by atoms with van der Waals surface area (Å²) in [6, 6.07) is 13.3. The number of carbonyl (C=O) groups excluding carboxylic acids is 1. The van der Waals surface area contributed by atoms with Gasteiger partial charge in [0.25, 0.3) is 0 Å². The molecular formula is C20H24O5P+. The van der Waals surface area contributed by atoms with Gasteiger partial charge in [-0.3, -0.25) is 0 Å². The van der Waals surface area contributed by atoms with Gasteiger partial charge >= 0.3 is 13.3 Å². The summed E-state index contributed by atoms with van der Waals surface area (Å²) in [5, 5.41) is 0. The van der Waals surface area contributed by atoms with Crippen LogP contribution in [0.5, 0.6) is 17.2 Å². The first-order chi connectivity index (χ1) is 12.6. The van der Waals surface area contributed by atoms with Crippen molar-refractivity contribution in [1.29, 1.82) is 0 Å². The third kappa shape index (κ3) is 5.06. The van der Waals surface area contributed by atoms with Gasteiger partial charge < -0.3 is 14.2 Å². The molecule has 1 unspecified atom stereocenters. The van der Waals surface area contributed by atoms with Crippen molar-refractivity contribution in [2.24, 2.45) is 0 Å². The number of ether oxygens (including phenoxy) is 3. The van der Waals surface area contributed by atoms with Gasteiger partial charge in [0.05, 0.1) is 21.3 Å². The molecule has 0 aromatic heterocycles. The zero-order valence-electron chi connectivity index (χ0n) is 15.4. The molecular weight excluding hydrogens is 351 g/mol. The number of methoxy groups -OCH3 is 3. The molecule has 0 N–H and O–H groups in total. The number of aryl methyl sites for hydroxylation is 1. The maximum absolute atomic E-state index is 12.7. The highest BCUT2D eigenvalue weighted by Gasteiger charge is 2.35. The first kappa shape index (κ1) is 19.9. The normalized spacial score (nSPS) is 11.0. The average Bonchev–Trinajstić information content (AvgIpc) is 2.70. The molecule has 6 heteroatoms. The maximum atomic E-state index is 12.7. The van der Waals surface area contributed by atoms with E-state index in [4.69, 9.17) is 14.2 Å². The van der Waals surface area contributed by atoms with E-state index >= 15 is 0 Å². The average molecular weight is 375 g/mol. The molecule has 5 nitrogen and oxygen atoms in total. The van der Waals surface area contributed by atoms with E-state index in [1.54, 1.807) is 12.1 Å². The molecule has 0 saturated carbocycles. The van der Waals surface area contributed by atoms with Crippen molar-refractivity contribution in [3.05, 3.63) is 53.6 Å². The van der Waals surface area contributed by atoms with Crippen LogP contribution >= 0.6 is 7.80 Å². The van der Waals surface area contributed by atoms with Crippen LogP contribution in [0.2, 0.25) is 0 Å². The molecule has 0 fully saturated rings. The minimum atomic E-state index is -2.05. The summed E-state index contributed by atoms with van der Waals surface area (Å²) < 4.78 is 28.2. The van der Waals surface area contributed by atoms with Gasteiger partial charge in [0, 0.05) is 12.1 Å². The molecule has 0 amide bonds. The van der Waals surface area contributed by atoms with E-state index in [9.17, 15) is 9.36 Å². The molecule has 138 valence electrons. The smallest absolute Gasteiger partial charge is 0.420 e. The fourth-order valence-electron chi connectivity index (χ4n) is 2.67. The van der Waals surface area contributed by atoms with Crippen LogP contribution in [0.25, 0.3) is 0 Å². The summed E-state index contributed by atoms with van der Waals surface area (Å²) in [5.74, 6) is 1.12. The Kier molecular flexibility index (Phi) is 7.61. The van der Waals surface area contributed by atoms with Crippen molar-refractivity contribution in [1.82, 2.24) is 0 Å². The van der Waals surface area contributed by atoms with Gasteiger partial charge in [-0.2, -0.15) is 0 Å². The molecule has 26 heavy (non-hydrogen) atoms. The van der Waals surface area contributed by atoms with Crippen LogP contribution in [0.4, 0.5) is 0 Å². The van der Waals surface area contributed by atoms with E-state index in [0.717, 1.165) is 19.3 Å². The van der Waals surface area contributed by atoms with Crippen molar-refractivity contribution in [3.63, 3.8) is 0 Å². The third-order valence-corrected chi connectivity index (χ3v) is 5.47. The molecule has 0 aliphatic heterocycles. The van der Waals surface area contributed by atoms with E-state index in [1.165, 1.54) is 26.9 Å². The van der Waals surface area contributed by atoms with E-state index in [2.05, 4.69) is 12.1 Å². The molecule has 2 rings (SSSR count). The van der Waals surface area contributed by atoms with Crippen LogP contribution < -0.4 is 14.2 Å². The Balaban J connectivity index is 2.02. The van der Waals surface area contributed by atoms with Crippen LogP contribution in [0.1, 0.15) is 28.8 Å². The number of unbranched alkanes of at least 4 members (excludes halogenated alkanes) is 1. The van der Waals surface area contributed by atoms with E-state index in [1.807, 2.05) is 18.2 Å². The van der Waals surface area contributed by atoms with Gasteiger partial charge in [-0.15, -0.1) is 0 Å². The van der Waals surface area contributed by atoms with Crippen molar-refractivity contribution in [2.45, 2.75) is 19.3 Å². The minimum absolute atomic E-state index is 0.208. The second-order valence-corrected chi connectivity index (χ2v) is 7.37. The molecule has 1 atom stereocenters. The van der Waals surface area contributed by atoms with Gasteiger partial charge in [0.2, 0.25) is 0 Å². The highest BCUT2D eigenvalue weighted by Crippen LogP contribution is 2.40. The van der Waals surface area contributed by atoms with Crippen molar-refractivity contribution in [2.75, 3.05) is 27.5 Å². The third-order valence-electron chi connectivity index (χ3n) is 4.07. The van der Waals surface area contributed by atoms with Crippen molar-refractivity contribution in [3.8, 4) is 17.2 Å². The van der Waals surface area contributed by atoms with Crippen LogP contribution in [0.3, 0.4) is 0 Å². The lowest BCUT2D eigenvalue weighted by atomic mass is 10.1. The number of rotatable bonds is 10. The predicted octanol–water partition coefficient (Wildman–Crippen LogP) is 4.70. The Labute approximate surface area is 155 Å². The summed E-state index contributed by atoms with van der Waals surface area (Å²) in [7, 11) is 2.38. The number of hydrogen-bond acceptors (Lipinski definition) is 5. The molecule has 0 aliphatic rings. The second kappa shape index (κ2) is 9.93. The molecule has 2 aromatic rings. The highest BCUT2D eigenvalue weighted by molar-refractivity contribution is 7.64. The molecule has 0 spiro atoms. The zero-order valence-corrected chi connectivity index (χ0v) is 16.3. The lowest BCUT2D eigenvalue weighted by molar-refractivity contribution is 0.107. The zero-order chi connectivity index (χ0) is 18.9. The Bertz CT molecular complexity index is 733. The van der Waals surface area contributed by atoms with Crippen molar-refractivity contribution < 1.29 is 23.6 Å². The highest BCUT2D eigenvalue weighted by atomic mass is 31.1.